The molecule has 0 saturated carbocycles. The molecule has 100 valence electrons. The van der Waals surface area contributed by atoms with Crippen molar-refractivity contribution in [3.63, 3.8) is 0 Å². The molecule has 3 amide bonds. The van der Waals surface area contributed by atoms with Crippen LogP contribution in [0.25, 0.3) is 0 Å². The Morgan fingerprint density at radius 2 is 1.89 bits per heavy atom. The van der Waals surface area contributed by atoms with E-state index in [9.17, 15) is 14.4 Å². The van der Waals surface area contributed by atoms with Crippen molar-refractivity contribution < 1.29 is 14.4 Å². The average molecular weight is 260 g/mol. The van der Waals surface area contributed by atoms with E-state index in [0.717, 1.165) is 5.56 Å². The third kappa shape index (κ3) is 2.65. The first-order chi connectivity index (χ1) is 8.91. The molecular weight excluding hydrogens is 244 g/mol. The Morgan fingerprint density at radius 3 is 2.53 bits per heavy atom. The summed E-state index contributed by atoms with van der Waals surface area (Å²) in [6.07, 6.45) is 0.185. The van der Waals surface area contributed by atoms with Gasteiger partial charge in [0.05, 0.1) is 6.42 Å². The van der Waals surface area contributed by atoms with Gasteiger partial charge in [0, 0.05) is 0 Å². The molecule has 1 N–H and O–H groups in total. The summed E-state index contributed by atoms with van der Waals surface area (Å²) in [7, 11) is 0. The van der Waals surface area contributed by atoms with Gasteiger partial charge in [-0.15, -0.1) is 0 Å². The second-order valence-electron chi connectivity index (χ2n) is 5.08. The first-order valence-corrected chi connectivity index (χ1v) is 6.10. The van der Waals surface area contributed by atoms with Crippen molar-refractivity contribution in [3.8, 4) is 0 Å². The number of hydrogen-bond donors (Lipinski definition) is 1. The van der Waals surface area contributed by atoms with Crippen LogP contribution in [-0.4, -0.2) is 34.7 Å². The quantitative estimate of drug-likeness (QED) is 0.787. The fourth-order valence-electron chi connectivity index (χ4n) is 2.05. The average Bonchev–Trinajstić information content (AvgIpc) is 2.35. The summed E-state index contributed by atoms with van der Waals surface area (Å²) in [5.41, 5.74) is -0.138. The Bertz CT molecular complexity index is 523. The van der Waals surface area contributed by atoms with Crippen molar-refractivity contribution in [1.29, 1.82) is 0 Å². The smallest absolute Gasteiger partial charge is 0.252 e. The highest BCUT2D eigenvalue weighted by molar-refractivity contribution is 6.06. The molecule has 1 fully saturated rings. The minimum atomic E-state index is -1.00. The normalized spacial score (nSPS) is 18.1. The molecule has 0 unspecified atom stereocenters. The van der Waals surface area contributed by atoms with Gasteiger partial charge in [-0.3, -0.25) is 19.7 Å². The predicted octanol–water partition coefficient (Wildman–Crippen LogP) is 0.493. The molecule has 1 heterocycles. The van der Waals surface area contributed by atoms with Crippen LogP contribution in [0, 0.1) is 0 Å². The van der Waals surface area contributed by atoms with Crippen LogP contribution in [0.15, 0.2) is 30.3 Å². The zero-order chi connectivity index (χ0) is 14.0. The number of nitrogens with zero attached hydrogens (tertiary/aromatic N) is 1. The number of piperazine rings is 1. The number of benzene rings is 1. The number of carbonyl (C=O) groups excluding carboxylic acids is 3. The van der Waals surface area contributed by atoms with E-state index >= 15 is 0 Å². The van der Waals surface area contributed by atoms with E-state index in [1.165, 1.54) is 4.90 Å². The lowest BCUT2D eigenvalue weighted by Crippen LogP contribution is -2.65. The van der Waals surface area contributed by atoms with Gasteiger partial charge in [0.1, 0.15) is 12.1 Å². The van der Waals surface area contributed by atoms with Crippen LogP contribution in [0.3, 0.4) is 0 Å². The predicted molar refractivity (Wildman–Crippen MR) is 69.1 cm³/mol. The number of hydrogen-bond acceptors (Lipinski definition) is 3. The molecule has 1 saturated heterocycles. The summed E-state index contributed by atoms with van der Waals surface area (Å²) >= 11 is 0. The third-order valence-electron chi connectivity index (χ3n) is 3.28. The van der Waals surface area contributed by atoms with E-state index in [1.54, 1.807) is 13.8 Å². The molecule has 1 aromatic carbocycles. The van der Waals surface area contributed by atoms with Gasteiger partial charge in [-0.1, -0.05) is 30.3 Å². The van der Waals surface area contributed by atoms with Crippen molar-refractivity contribution in [3.05, 3.63) is 35.9 Å². The fourth-order valence-corrected chi connectivity index (χ4v) is 2.05. The lowest BCUT2D eigenvalue weighted by Gasteiger charge is -2.40. The van der Waals surface area contributed by atoms with E-state index in [1.807, 2.05) is 30.3 Å². The van der Waals surface area contributed by atoms with E-state index in [4.69, 9.17) is 0 Å². The van der Waals surface area contributed by atoms with Gasteiger partial charge in [-0.05, 0) is 19.4 Å². The molecule has 5 nitrogen and oxygen atoms in total. The number of rotatable bonds is 2. The standard InChI is InChI=1S/C14H16N2O3/c1-14(2)13(19)15-11(17)9-16(14)12(18)8-10-6-4-3-5-7-10/h3-7H,8-9H2,1-2H3,(H,15,17,19). The monoisotopic (exact) mass is 260 g/mol. The minimum Gasteiger partial charge on any atom is -0.319 e. The van der Waals surface area contributed by atoms with Crippen LogP contribution >= 0.6 is 0 Å². The molecule has 1 aliphatic heterocycles. The Kier molecular flexibility index (Phi) is 3.38. The Balaban J connectivity index is 2.17. The first-order valence-electron chi connectivity index (χ1n) is 6.10. The highest BCUT2D eigenvalue weighted by Crippen LogP contribution is 2.19. The van der Waals surface area contributed by atoms with Crippen LogP contribution < -0.4 is 5.32 Å². The maximum absolute atomic E-state index is 12.3. The molecule has 0 aliphatic carbocycles. The summed E-state index contributed by atoms with van der Waals surface area (Å²) in [4.78, 5) is 36.8. The molecule has 0 atom stereocenters. The number of carbonyl (C=O) groups is 3. The van der Waals surface area contributed by atoms with Gasteiger partial charge >= 0.3 is 0 Å². The Hall–Kier alpha value is -2.17. The second-order valence-corrected chi connectivity index (χ2v) is 5.08. The van der Waals surface area contributed by atoms with Crippen LogP contribution in [0.5, 0.6) is 0 Å². The molecule has 0 bridgehead atoms. The lowest BCUT2D eigenvalue weighted by atomic mass is 9.97. The highest BCUT2D eigenvalue weighted by atomic mass is 16.2. The Labute approximate surface area is 111 Å². The zero-order valence-electron chi connectivity index (χ0n) is 11.0. The summed E-state index contributed by atoms with van der Waals surface area (Å²) in [5.74, 6) is -1.10. The Morgan fingerprint density at radius 1 is 1.26 bits per heavy atom. The molecular formula is C14H16N2O3. The fraction of sp³-hybridized carbons (Fsp3) is 0.357. The molecule has 19 heavy (non-hydrogen) atoms. The van der Waals surface area contributed by atoms with E-state index in [0.29, 0.717) is 0 Å². The lowest BCUT2D eigenvalue weighted by molar-refractivity contribution is -0.155. The van der Waals surface area contributed by atoms with Crippen molar-refractivity contribution >= 4 is 17.7 Å². The summed E-state index contributed by atoms with van der Waals surface area (Å²) in [6.45, 7) is 3.19. The van der Waals surface area contributed by atoms with Gasteiger partial charge in [0.2, 0.25) is 11.8 Å². The van der Waals surface area contributed by atoms with Crippen LogP contribution in [-0.2, 0) is 20.8 Å². The van der Waals surface area contributed by atoms with Gasteiger partial charge in [-0.25, -0.2) is 0 Å². The van der Waals surface area contributed by atoms with Crippen molar-refractivity contribution in [1.82, 2.24) is 10.2 Å². The van der Waals surface area contributed by atoms with Gasteiger partial charge < -0.3 is 4.90 Å². The minimum absolute atomic E-state index is 0.0790. The summed E-state index contributed by atoms with van der Waals surface area (Å²) in [5, 5.41) is 2.25. The van der Waals surface area contributed by atoms with Crippen LogP contribution in [0.2, 0.25) is 0 Å². The zero-order valence-corrected chi connectivity index (χ0v) is 11.0. The molecule has 2 rings (SSSR count). The van der Waals surface area contributed by atoms with Crippen molar-refractivity contribution in [2.75, 3.05) is 6.54 Å². The molecule has 1 aromatic rings. The van der Waals surface area contributed by atoms with Gasteiger partial charge in [-0.2, -0.15) is 0 Å². The molecule has 0 radical (unpaired) electrons. The first kappa shape index (κ1) is 13.3. The van der Waals surface area contributed by atoms with Gasteiger partial charge in [0.25, 0.3) is 5.91 Å². The van der Waals surface area contributed by atoms with Crippen LogP contribution in [0.4, 0.5) is 0 Å². The second kappa shape index (κ2) is 4.84. The number of imide groups is 1. The molecule has 0 spiro atoms. The summed E-state index contributed by atoms with van der Waals surface area (Å²) in [6, 6.07) is 9.26. The maximum Gasteiger partial charge on any atom is 0.252 e. The van der Waals surface area contributed by atoms with E-state index in [-0.39, 0.29) is 18.9 Å². The third-order valence-corrected chi connectivity index (χ3v) is 3.28. The number of amides is 3. The SMILES string of the molecule is CC1(C)C(=O)NC(=O)CN1C(=O)Cc1ccccc1. The number of nitrogens with one attached hydrogen (secondary N) is 1. The van der Waals surface area contributed by atoms with E-state index < -0.39 is 17.4 Å². The highest BCUT2D eigenvalue weighted by Gasteiger charge is 2.43. The largest absolute Gasteiger partial charge is 0.319 e. The summed E-state index contributed by atoms with van der Waals surface area (Å²) < 4.78 is 0. The van der Waals surface area contributed by atoms with Gasteiger partial charge in [0.15, 0.2) is 0 Å². The maximum atomic E-state index is 12.3. The van der Waals surface area contributed by atoms with Crippen molar-refractivity contribution in [2.45, 2.75) is 25.8 Å². The molecule has 0 aromatic heterocycles. The molecule has 1 aliphatic rings. The van der Waals surface area contributed by atoms with Crippen molar-refractivity contribution in [2.24, 2.45) is 0 Å². The topological polar surface area (TPSA) is 66.5 Å². The van der Waals surface area contributed by atoms with E-state index in [2.05, 4.69) is 5.32 Å². The van der Waals surface area contributed by atoms with Crippen LogP contribution in [0.1, 0.15) is 19.4 Å². The molecule has 5 heteroatoms.